The van der Waals surface area contributed by atoms with Crippen molar-refractivity contribution in [2.45, 2.75) is 50.4 Å². The van der Waals surface area contributed by atoms with Crippen molar-refractivity contribution in [1.29, 1.82) is 4.78 Å². The second kappa shape index (κ2) is 8.57. The summed E-state index contributed by atoms with van der Waals surface area (Å²) >= 11 is 0. The van der Waals surface area contributed by atoms with E-state index in [0.717, 1.165) is 0 Å². The molecule has 0 aliphatic carbocycles. The molecule has 0 amide bonds. The number of nitrogens with one attached hydrogen (secondary N) is 1. The van der Waals surface area contributed by atoms with Crippen LogP contribution in [0, 0.1) is 4.78 Å². The first-order chi connectivity index (χ1) is 12.1. The fourth-order valence-electron chi connectivity index (χ4n) is 2.49. The zero-order chi connectivity index (χ0) is 21.0. The highest BCUT2D eigenvalue weighted by atomic mass is 32.2. The van der Waals surface area contributed by atoms with Crippen LogP contribution in [-0.2, 0) is 20.1 Å². The Hall–Kier alpha value is -1.65. The molecule has 0 radical (unpaired) electrons. The van der Waals surface area contributed by atoms with Crippen molar-refractivity contribution >= 4 is 15.7 Å². The quantitative estimate of drug-likeness (QED) is 0.498. The fraction of sp³-hybridized carbons (Fsp3) is 0.588. The summed E-state index contributed by atoms with van der Waals surface area (Å²) in [5, 5.41) is 18.6. The molecule has 3 atom stereocenters. The van der Waals surface area contributed by atoms with E-state index < -0.39 is 51.6 Å². The number of aliphatic carboxylic acids is 1. The fourth-order valence-corrected chi connectivity index (χ4v) is 3.95. The molecule has 1 aromatic carbocycles. The first-order valence-electron chi connectivity index (χ1n) is 8.25. The molecule has 5 N–H and O–H groups in total. The lowest BCUT2D eigenvalue weighted by molar-refractivity contribution is -0.150. The number of halogens is 3. The van der Waals surface area contributed by atoms with Gasteiger partial charge in [0.1, 0.15) is 6.04 Å². The van der Waals surface area contributed by atoms with Gasteiger partial charge in [-0.2, -0.15) is 13.2 Å². The number of hydrogen-bond acceptors (Lipinski definition) is 5. The van der Waals surface area contributed by atoms with Crippen LogP contribution in [0.15, 0.2) is 24.3 Å². The zero-order valence-electron chi connectivity index (χ0n) is 15.1. The molecule has 154 valence electrons. The zero-order valence-corrected chi connectivity index (χ0v) is 15.9. The summed E-state index contributed by atoms with van der Waals surface area (Å²) in [5.74, 6) is -4.11. The maximum atomic E-state index is 13.4. The average Bonchev–Trinajstić information content (AvgIpc) is 2.51. The summed E-state index contributed by atoms with van der Waals surface area (Å²) in [6, 6.07) is 4.02. The predicted octanol–water partition coefficient (Wildman–Crippen LogP) is 2.80. The number of benzene rings is 1. The largest absolute Gasteiger partial charge is 0.480 e. The minimum absolute atomic E-state index is 0.0482. The Morgan fingerprint density at radius 3 is 2.07 bits per heavy atom. The summed E-state index contributed by atoms with van der Waals surface area (Å²) in [6.45, 7) is 3.03. The molecule has 0 aliphatic heterocycles. The van der Waals surface area contributed by atoms with Gasteiger partial charge in [0.15, 0.2) is 0 Å². The molecule has 1 rings (SSSR count). The summed E-state index contributed by atoms with van der Waals surface area (Å²) in [4.78, 5) is 10.7. The highest BCUT2D eigenvalue weighted by Crippen LogP contribution is 2.38. The number of aliphatic hydroxyl groups is 1. The lowest BCUT2D eigenvalue weighted by Crippen LogP contribution is -2.32. The van der Waals surface area contributed by atoms with Crippen molar-refractivity contribution in [3.05, 3.63) is 35.4 Å². The van der Waals surface area contributed by atoms with Gasteiger partial charge in [0.2, 0.25) is 0 Å². The van der Waals surface area contributed by atoms with Crippen LogP contribution >= 0.6 is 0 Å². The molecular formula is C17H25F3N2O4S. The van der Waals surface area contributed by atoms with E-state index in [-0.39, 0.29) is 17.7 Å². The molecule has 1 aromatic rings. The molecule has 0 heterocycles. The van der Waals surface area contributed by atoms with Gasteiger partial charge in [0.25, 0.3) is 0 Å². The topological polar surface area (TPSA) is 124 Å². The highest BCUT2D eigenvalue weighted by Gasteiger charge is 2.40. The number of carboxylic acid groups (broad SMARTS) is 1. The van der Waals surface area contributed by atoms with Gasteiger partial charge < -0.3 is 15.9 Å². The van der Waals surface area contributed by atoms with Crippen molar-refractivity contribution in [2.24, 2.45) is 5.73 Å². The molecule has 0 spiro atoms. The smallest absolute Gasteiger partial charge is 0.395 e. The van der Waals surface area contributed by atoms with Crippen LogP contribution in [0.3, 0.4) is 0 Å². The SMILES string of the molecule is CC(C)(O)c1ccc(C(CCS(=N)(=O)CC[C@H](N)C(=O)O)C(F)(F)F)cc1. The minimum Gasteiger partial charge on any atom is -0.480 e. The highest BCUT2D eigenvalue weighted by molar-refractivity contribution is 7.92. The number of alkyl halides is 3. The van der Waals surface area contributed by atoms with Gasteiger partial charge in [-0.15, -0.1) is 0 Å². The Bertz CT molecular complexity index is 741. The van der Waals surface area contributed by atoms with Gasteiger partial charge in [0, 0.05) is 21.2 Å². The van der Waals surface area contributed by atoms with E-state index in [1.807, 2.05) is 0 Å². The van der Waals surface area contributed by atoms with Crippen LogP contribution in [0.2, 0.25) is 0 Å². The molecule has 27 heavy (non-hydrogen) atoms. The van der Waals surface area contributed by atoms with E-state index >= 15 is 0 Å². The molecule has 0 aromatic heterocycles. The molecule has 6 nitrogen and oxygen atoms in total. The van der Waals surface area contributed by atoms with E-state index in [1.165, 1.54) is 38.1 Å². The van der Waals surface area contributed by atoms with Gasteiger partial charge in [-0.1, -0.05) is 24.3 Å². The van der Waals surface area contributed by atoms with Crippen LogP contribution in [0.4, 0.5) is 13.2 Å². The van der Waals surface area contributed by atoms with E-state index in [1.54, 1.807) is 0 Å². The van der Waals surface area contributed by atoms with Crippen molar-refractivity contribution in [3.63, 3.8) is 0 Å². The van der Waals surface area contributed by atoms with Crippen LogP contribution in [0.1, 0.15) is 43.7 Å². The first-order valence-corrected chi connectivity index (χ1v) is 10.1. The molecule has 0 aliphatic rings. The first kappa shape index (κ1) is 23.4. The van der Waals surface area contributed by atoms with Crippen LogP contribution in [-0.4, -0.2) is 44.1 Å². The average molecular weight is 410 g/mol. The van der Waals surface area contributed by atoms with Crippen molar-refractivity contribution in [3.8, 4) is 0 Å². The van der Waals surface area contributed by atoms with E-state index in [9.17, 15) is 27.3 Å². The van der Waals surface area contributed by atoms with Crippen LogP contribution < -0.4 is 5.73 Å². The van der Waals surface area contributed by atoms with Gasteiger partial charge in [-0.3, -0.25) is 9.57 Å². The third-order valence-corrected chi connectivity index (χ3v) is 6.02. The second-order valence-corrected chi connectivity index (χ2v) is 9.46. The number of nitrogens with two attached hydrogens (primary N) is 1. The Morgan fingerprint density at radius 1 is 1.19 bits per heavy atom. The lowest BCUT2D eigenvalue weighted by Gasteiger charge is -2.23. The Balaban J connectivity index is 2.89. The summed E-state index contributed by atoms with van der Waals surface area (Å²) in [7, 11) is -3.39. The number of rotatable bonds is 9. The second-order valence-electron chi connectivity index (χ2n) is 7.02. The minimum atomic E-state index is -4.59. The van der Waals surface area contributed by atoms with Gasteiger partial charge in [-0.25, -0.2) is 4.21 Å². The monoisotopic (exact) mass is 410 g/mol. The number of carboxylic acids is 1. The third kappa shape index (κ3) is 7.47. The lowest BCUT2D eigenvalue weighted by atomic mass is 9.91. The van der Waals surface area contributed by atoms with E-state index in [0.29, 0.717) is 5.56 Å². The van der Waals surface area contributed by atoms with Crippen LogP contribution in [0.25, 0.3) is 0 Å². The van der Waals surface area contributed by atoms with Gasteiger partial charge >= 0.3 is 12.1 Å². The summed E-state index contributed by atoms with van der Waals surface area (Å²) in [5.41, 5.74) is 4.50. The molecule has 0 fully saturated rings. The van der Waals surface area contributed by atoms with Gasteiger partial charge in [0.05, 0.1) is 11.5 Å². The van der Waals surface area contributed by atoms with Gasteiger partial charge in [-0.05, 0) is 37.8 Å². The van der Waals surface area contributed by atoms with Crippen molar-refractivity contribution < 1.29 is 32.4 Å². The van der Waals surface area contributed by atoms with Crippen molar-refractivity contribution in [1.82, 2.24) is 0 Å². The summed E-state index contributed by atoms with van der Waals surface area (Å²) < 4.78 is 60.2. The predicted molar refractivity (Wildman–Crippen MR) is 95.9 cm³/mol. The maximum Gasteiger partial charge on any atom is 0.395 e. The molecule has 0 saturated heterocycles. The Labute approximate surface area is 156 Å². The molecule has 2 unspecified atom stereocenters. The molecule has 0 saturated carbocycles. The molecule has 10 heteroatoms. The maximum absolute atomic E-state index is 13.4. The number of carbonyl (C=O) groups is 1. The van der Waals surface area contributed by atoms with Crippen molar-refractivity contribution in [2.75, 3.05) is 11.5 Å². The summed E-state index contributed by atoms with van der Waals surface area (Å²) in [6.07, 6.45) is -5.39. The van der Waals surface area contributed by atoms with E-state index in [4.69, 9.17) is 15.6 Å². The number of hydrogen-bond donors (Lipinski definition) is 4. The molecular weight excluding hydrogens is 385 g/mol. The van der Waals surface area contributed by atoms with Crippen LogP contribution in [0.5, 0.6) is 0 Å². The standard InChI is InChI=1S/C17H25F3N2O4S/c1-16(2,25)12-5-3-11(4-6-12)13(17(18,19)20)7-9-27(22,26)10-8-14(21)15(23)24/h3-6,13-14,22,25H,7-10,21H2,1-2H3,(H,23,24)/t13?,14-,27?/m0/s1. The normalized spacial score (nSPS) is 17.1. The Kier molecular flexibility index (Phi) is 7.43. The molecule has 0 bridgehead atoms. The van der Waals surface area contributed by atoms with E-state index in [2.05, 4.69) is 0 Å². The third-order valence-electron chi connectivity index (χ3n) is 4.23. The Morgan fingerprint density at radius 2 is 1.67 bits per heavy atom.